The van der Waals surface area contributed by atoms with Crippen LogP contribution in [0.1, 0.15) is 58.8 Å². The van der Waals surface area contributed by atoms with E-state index >= 15 is 0 Å². The maximum Gasteiger partial charge on any atom is 0.311 e. The first kappa shape index (κ1) is 19.2. The molecule has 2 aliphatic rings. The molecule has 0 bridgehead atoms. The molecule has 0 aromatic carbocycles. The van der Waals surface area contributed by atoms with Gasteiger partial charge in [-0.05, 0) is 62.7 Å². The molecule has 24 heavy (non-hydrogen) atoms. The molecule has 0 heterocycles. The first-order valence-corrected chi connectivity index (χ1v) is 9.12. The molecule has 0 aromatic heterocycles. The highest BCUT2D eigenvalue weighted by atomic mass is 16.5. The van der Waals surface area contributed by atoms with Gasteiger partial charge in [-0.2, -0.15) is 0 Å². The Hall–Kier alpha value is -1.10. The van der Waals surface area contributed by atoms with Crippen LogP contribution in [0.5, 0.6) is 0 Å². The van der Waals surface area contributed by atoms with Gasteiger partial charge in [0, 0.05) is 6.61 Å². The SMILES string of the molecule is COC(=O)[C@@H]1CC[C@@H]2[C@](C)(CCC[C@@]2(C)C(=O)OC)[C@H]1CCCO. The number of carbonyl (C=O) groups excluding carboxylic acids is 2. The highest BCUT2D eigenvalue weighted by Gasteiger charge is 2.59. The van der Waals surface area contributed by atoms with Gasteiger partial charge in [0.2, 0.25) is 0 Å². The normalized spacial score (nSPS) is 39.0. The van der Waals surface area contributed by atoms with Crippen LogP contribution in [0.25, 0.3) is 0 Å². The lowest BCUT2D eigenvalue weighted by molar-refractivity contribution is -0.179. The molecule has 5 atom stereocenters. The summed E-state index contributed by atoms with van der Waals surface area (Å²) in [4.78, 5) is 24.9. The molecular weight excluding hydrogens is 308 g/mol. The Morgan fingerprint density at radius 2 is 1.83 bits per heavy atom. The number of aliphatic hydroxyl groups excluding tert-OH is 1. The predicted molar refractivity (Wildman–Crippen MR) is 90.1 cm³/mol. The van der Waals surface area contributed by atoms with Gasteiger partial charge in [0.05, 0.1) is 25.6 Å². The fourth-order valence-electron chi connectivity index (χ4n) is 5.76. The van der Waals surface area contributed by atoms with Crippen LogP contribution in [0.2, 0.25) is 0 Å². The van der Waals surface area contributed by atoms with Crippen molar-refractivity contribution in [1.29, 1.82) is 0 Å². The number of methoxy groups -OCH3 is 2. The van der Waals surface area contributed by atoms with E-state index in [0.29, 0.717) is 6.42 Å². The van der Waals surface area contributed by atoms with Crippen molar-refractivity contribution in [3.8, 4) is 0 Å². The van der Waals surface area contributed by atoms with E-state index in [1.54, 1.807) is 0 Å². The van der Waals surface area contributed by atoms with E-state index in [0.717, 1.165) is 38.5 Å². The Kier molecular flexibility index (Phi) is 5.95. The Morgan fingerprint density at radius 3 is 2.42 bits per heavy atom. The molecule has 0 saturated heterocycles. The molecule has 1 N–H and O–H groups in total. The van der Waals surface area contributed by atoms with Gasteiger partial charge in [0.1, 0.15) is 0 Å². The van der Waals surface area contributed by atoms with Crippen LogP contribution in [0, 0.1) is 28.6 Å². The van der Waals surface area contributed by atoms with Crippen LogP contribution < -0.4 is 0 Å². The van der Waals surface area contributed by atoms with E-state index in [4.69, 9.17) is 9.47 Å². The molecule has 2 fully saturated rings. The van der Waals surface area contributed by atoms with Gasteiger partial charge in [0.25, 0.3) is 0 Å². The minimum absolute atomic E-state index is 0.104. The first-order chi connectivity index (χ1) is 11.3. The highest BCUT2D eigenvalue weighted by Crippen LogP contribution is 2.62. The zero-order chi connectivity index (χ0) is 18.0. The summed E-state index contributed by atoms with van der Waals surface area (Å²) in [5.74, 6) is -0.0717. The second-order valence-corrected chi connectivity index (χ2v) is 8.00. The lowest BCUT2D eigenvalue weighted by Crippen LogP contribution is -2.56. The summed E-state index contributed by atoms with van der Waals surface area (Å²) in [6.45, 7) is 4.39. The van der Waals surface area contributed by atoms with E-state index < -0.39 is 5.41 Å². The molecule has 2 rings (SSSR count). The number of rotatable bonds is 5. The number of carbonyl (C=O) groups is 2. The number of fused-ring (bicyclic) bond motifs is 1. The summed E-state index contributed by atoms with van der Waals surface area (Å²) in [6.07, 6.45) is 5.87. The molecule has 138 valence electrons. The molecule has 5 nitrogen and oxygen atoms in total. The standard InChI is InChI=1S/C19H32O5/c1-18-10-6-11-19(2,17(22)24-4)15(18)9-8-13(16(21)23-3)14(18)7-5-12-20/h13-15,20H,5-12H2,1-4H3/t13-,14+,15-,18-,19-/m1/s1. The first-order valence-electron chi connectivity index (χ1n) is 9.12. The van der Waals surface area contributed by atoms with Gasteiger partial charge in [-0.25, -0.2) is 0 Å². The number of hydrogen-bond acceptors (Lipinski definition) is 5. The van der Waals surface area contributed by atoms with Crippen molar-refractivity contribution in [2.75, 3.05) is 20.8 Å². The molecule has 0 aromatic rings. The Bertz CT molecular complexity index is 476. The van der Waals surface area contributed by atoms with Gasteiger partial charge < -0.3 is 14.6 Å². The lowest BCUT2D eigenvalue weighted by Gasteiger charge is -2.58. The minimum atomic E-state index is -0.486. The van der Waals surface area contributed by atoms with Crippen molar-refractivity contribution in [1.82, 2.24) is 0 Å². The topological polar surface area (TPSA) is 72.8 Å². The van der Waals surface area contributed by atoms with Crippen LogP contribution in [0.3, 0.4) is 0 Å². The second-order valence-electron chi connectivity index (χ2n) is 8.00. The summed E-state index contributed by atoms with van der Waals surface area (Å²) in [5.41, 5.74) is -0.590. The van der Waals surface area contributed by atoms with Crippen molar-refractivity contribution >= 4 is 11.9 Å². The largest absolute Gasteiger partial charge is 0.469 e. The average Bonchev–Trinajstić information content (AvgIpc) is 2.58. The molecule has 2 saturated carbocycles. The van der Waals surface area contributed by atoms with Crippen LogP contribution in [-0.2, 0) is 19.1 Å². The third kappa shape index (κ3) is 3.07. The molecule has 2 aliphatic carbocycles. The Balaban J connectivity index is 2.38. The van der Waals surface area contributed by atoms with E-state index in [1.165, 1.54) is 14.2 Å². The molecular formula is C19H32O5. The van der Waals surface area contributed by atoms with Crippen LogP contribution in [0.4, 0.5) is 0 Å². The third-order valence-electron chi connectivity index (χ3n) is 6.90. The maximum absolute atomic E-state index is 12.5. The smallest absolute Gasteiger partial charge is 0.311 e. The van der Waals surface area contributed by atoms with Gasteiger partial charge >= 0.3 is 11.9 Å². The number of ether oxygens (including phenoxy) is 2. The predicted octanol–water partition coefficient (Wildman–Crippen LogP) is 2.94. The van der Waals surface area contributed by atoms with E-state index in [1.807, 2.05) is 6.92 Å². The van der Waals surface area contributed by atoms with Gasteiger partial charge in [-0.3, -0.25) is 9.59 Å². The van der Waals surface area contributed by atoms with Gasteiger partial charge in [-0.1, -0.05) is 13.3 Å². The monoisotopic (exact) mass is 340 g/mol. The van der Waals surface area contributed by atoms with Gasteiger partial charge in [-0.15, -0.1) is 0 Å². The van der Waals surface area contributed by atoms with Gasteiger partial charge in [0.15, 0.2) is 0 Å². The van der Waals surface area contributed by atoms with Crippen molar-refractivity contribution in [3.05, 3.63) is 0 Å². The maximum atomic E-state index is 12.5. The third-order valence-corrected chi connectivity index (χ3v) is 6.90. The lowest BCUT2D eigenvalue weighted by atomic mass is 9.45. The zero-order valence-electron chi connectivity index (χ0n) is 15.5. The van der Waals surface area contributed by atoms with E-state index in [-0.39, 0.29) is 41.7 Å². The fourth-order valence-corrected chi connectivity index (χ4v) is 5.76. The highest BCUT2D eigenvalue weighted by molar-refractivity contribution is 5.77. The summed E-state index contributed by atoms with van der Waals surface area (Å²) >= 11 is 0. The number of hydrogen-bond donors (Lipinski definition) is 1. The molecule has 0 unspecified atom stereocenters. The molecule has 0 amide bonds. The minimum Gasteiger partial charge on any atom is -0.469 e. The summed E-state index contributed by atoms with van der Waals surface area (Å²) in [6, 6.07) is 0. The summed E-state index contributed by atoms with van der Waals surface area (Å²) in [5, 5.41) is 9.30. The van der Waals surface area contributed by atoms with E-state index in [2.05, 4.69) is 6.92 Å². The average molecular weight is 340 g/mol. The van der Waals surface area contributed by atoms with Crippen molar-refractivity contribution in [2.24, 2.45) is 28.6 Å². The number of esters is 2. The van der Waals surface area contributed by atoms with Crippen molar-refractivity contribution in [2.45, 2.75) is 58.8 Å². The zero-order valence-corrected chi connectivity index (χ0v) is 15.5. The Labute approximate surface area is 145 Å². The summed E-state index contributed by atoms with van der Waals surface area (Å²) in [7, 11) is 2.90. The Morgan fingerprint density at radius 1 is 1.12 bits per heavy atom. The molecule has 0 aliphatic heterocycles. The molecule has 0 radical (unpaired) electrons. The van der Waals surface area contributed by atoms with Crippen LogP contribution in [0.15, 0.2) is 0 Å². The van der Waals surface area contributed by atoms with Crippen LogP contribution in [-0.4, -0.2) is 37.9 Å². The van der Waals surface area contributed by atoms with E-state index in [9.17, 15) is 14.7 Å². The number of aliphatic hydroxyl groups is 1. The quantitative estimate of drug-likeness (QED) is 0.779. The van der Waals surface area contributed by atoms with Crippen LogP contribution >= 0.6 is 0 Å². The van der Waals surface area contributed by atoms with Crippen molar-refractivity contribution < 1.29 is 24.2 Å². The molecule has 0 spiro atoms. The fraction of sp³-hybridized carbons (Fsp3) is 0.895. The second kappa shape index (κ2) is 7.42. The summed E-state index contributed by atoms with van der Waals surface area (Å²) < 4.78 is 10.2. The van der Waals surface area contributed by atoms with Crippen molar-refractivity contribution in [3.63, 3.8) is 0 Å². The molecule has 5 heteroatoms.